The van der Waals surface area contributed by atoms with E-state index in [0.29, 0.717) is 24.2 Å². The molecule has 0 amide bonds. The fraction of sp³-hybridized carbons (Fsp3) is 0.250. The highest BCUT2D eigenvalue weighted by atomic mass is 16.6. The molecule has 0 fully saturated rings. The van der Waals surface area contributed by atoms with Gasteiger partial charge in [-0.1, -0.05) is 86.6 Å². The van der Waals surface area contributed by atoms with Crippen LogP contribution >= 0.6 is 0 Å². The van der Waals surface area contributed by atoms with Crippen molar-refractivity contribution < 1.29 is 14.3 Å². The Morgan fingerprint density at radius 1 is 0.818 bits per heavy atom. The highest BCUT2D eigenvalue weighted by Crippen LogP contribution is 2.44. The summed E-state index contributed by atoms with van der Waals surface area (Å²) in [5.74, 6) is -0.169. The number of imidazole rings is 1. The number of carbonyl (C=O) groups excluding carboxylic acids is 2. The maximum Gasteiger partial charge on any atom is 0.322 e. The third-order valence-corrected chi connectivity index (χ3v) is 6.99. The average molecular weight is 439 g/mol. The summed E-state index contributed by atoms with van der Waals surface area (Å²) in [5, 5.41) is 0. The number of carbonyl (C=O) groups is 2. The van der Waals surface area contributed by atoms with Crippen LogP contribution in [0.15, 0.2) is 84.9 Å². The van der Waals surface area contributed by atoms with Crippen LogP contribution in [-0.2, 0) is 21.6 Å². The molecule has 0 saturated heterocycles. The van der Waals surface area contributed by atoms with Crippen molar-refractivity contribution >= 4 is 22.9 Å². The monoisotopic (exact) mass is 438 g/mol. The minimum Gasteiger partial charge on any atom is -0.448 e. The first-order chi connectivity index (χ1) is 16.1. The van der Waals surface area contributed by atoms with E-state index in [2.05, 4.69) is 0 Å². The van der Waals surface area contributed by atoms with Crippen molar-refractivity contribution in [2.24, 2.45) is 5.41 Å². The molecule has 33 heavy (non-hydrogen) atoms. The van der Waals surface area contributed by atoms with Crippen molar-refractivity contribution in [3.05, 3.63) is 102 Å². The Morgan fingerprint density at radius 2 is 1.36 bits per heavy atom. The normalized spacial score (nSPS) is 17.2. The Bertz CT molecular complexity index is 1280. The molecule has 166 valence electrons. The third-order valence-electron chi connectivity index (χ3n) is 6.99. The van der Waals surface area contributed by atoms with Crippen LogP contribution < -0.4 is 0 Å². The van der Waals surface area contributed by atoms with E-state index < -0.39 is 17.0 Å². The average Bonchev–Trinajstić information content (AvgIpc) is 3.22. The van der Waals surface area contributed by atoms with Gasteiger partial charge < -0.3 is 4.74 Å². The van der Waals surface area contributed by atoms with Gasteiger partial charge >= 0.3 is 5.97 Å². The number of cyclic esters (lactones) is 1. The first-order valence-corrected chi connectivity index (χ1v) is 11.4. The van der Waals surface area contributed by atoms with Crippen molar-refractivity contribution in [1.29, 1.82) is 0 Å². The number of ether oxygens (including phenoxy) is 1. The summed E-state index contributed by atoms with van der Waals surface area (Å²) in [6, 6.07) is 27.1. The number of aromatic nitrogens is 2. The van der Waals surface area contributed by atoms with Crippen LogP contribution in [0, 0.1) is 5.41 Å². The van der Waals surface area contributed by atoms with Gasteiger partial charge in [-0.3, -0.25) is 14.2 Å². The Balaban J connectivity index is 1.87. The summed E-state index contributed by atoms with van der Waals surface area (Å²) in [6.45, 7) is 3.74. The molecular weight excluding hydrogens is 412 g/mol. The first kappa shape index (κ1) is 21.1. The van der Waals surface area contributed by atoms with Gasteiger partial charge in [-0.2, -0.15) is 0 Å². The lowest BCUT2D eigenvalue weighted by Crippen LogP contribution is -2.50. The number of rotatable bonds is 4. The molecule has 0 radical (unpaired) electrons. The molecule has 3 aromatic carbocycles. The topological polar surface area (TPSA) is 61.2 Å². The summed E-state index contributed by atoms with van der Waals surface area (Å²) in [5.41, 5.74) is 0.722. The zero-order chi connectivity index (χ0) is 23.1. The van der Waals surface area contributed by atoms with E-state index in [9.17, 15) is 9.59 Å². The second kappa shape index (κ2) is 8.00. The molecule has 0 saturated carbocycles. The van der Waals surface area contributed by atoms with Gasteiger partial charge in [-0.05, 0) is 25.0 Å². The van der Waals surface area contributed by atoms with E-state index in [1.807, 2.05) is 98.8 Å². The second-order valence-corrected chi connectivity index (χ2v) is 8.57. The smallest absolute Gasteiger partial charge is 0.322 e. The molecule has 2 heterocycles. The molecule has 0 spiro atoms. The third kappa shape index (κ3) is 3.10. The molecule has 0 unspecified atom stereocenters. The molecule has 0 atom stereocenters. The molecule has 1 aromatic heterocycles. The van der Waals surface area contributed by atoms with Crippen molar-refractivity contribution in [1.82, 2.24) is 9.55 Å². The van der Waals surface area contributed by atoms with Crippen LogP contribution in [0.4, 0.5) is 0 Å². The molecule has 1 aliphatic heterocycles. The van der Waals surface area contributed by atoms with E-state index >= 15 is 0 Å². The number of hydrogen-bond acceptors (Lipinski definition) is 4. The summed E-state index contributed by atoms with van der Waals surface area (Å²) in [6.07, 6.45) is 0.927. The zero-order valence-electron chi connectivity index (χ0n) is 18.8. The molecule has 0 N–H and O–H groups in total. The van der Waals surface area contributed by atoms with Crippen LogP contribution in [0.5, 0.6) is 0 Å². The predicted octanol–water partition coefficient (Wildman–Crippen LogP) is 5.53. The lowest BCUT2D eigenvalue weighted by atomic mass is 9.77. The van der Waals surface area contributed by atoms with Gasteiger partial charge in [0.1, 0.15) is 11.2 Å². The van der Waals surface area contributed by atoms with E-state index in [1.165, 1.54) is 0 Å². The Labute approximate surface area is 193 Å². The lowest BCUT2D eigenvalue weighted by Gasteiger charge is -2.40. The number of para-hydroxylation sites is 2. The first-order valence-electron chi connectivity index (χ1n) is 11.4. The summed E-state index contributed by atoms with van der Waals surface area (Å²) < 4.78 is 8.12. The molecule has 1 aliphatic rings. The van der Waals surface area contributed by atoms with Gasteiger partial charge in [0.15, 0.2) is 5.60 Å². The molecule has 0 aliphatic carbocycles. The summed E-state index contributed by atoms with van der Waals surface area (Å²) >= 11 is 0. The number of benzene rings is 3. The second-order valence-electron chi connectivity index (χ2n) is 8.57. The van der Waals surface area contributed by atoms with Crippen LogP contribution in [-0.4, -0.2) is 21.4 Å². The predicted molar refractivity (Wildman–Crippen MR) is 127 cm³/mol. The Kier molecular flexibility index (Phi) is 5.12. The van der Waals surface area contributed by atoms with Gasteiger partial charge in [-0.25, -0.2) is 4.98 Å². The Morgan fingerprint density at radius 3 is 1.94 bits per heavy atom. The van der Waals surface area contributed by atoms with Crippen LogP contribution in [0.25, 0.3) is 11.0 Å². The number of esters is 1. The minimum atomic E-state index is -1.30. The fourth-order valence-corrected chi connectivity index (χ4v) is 4.98. The van der Waals surface area contributed by atoms with Crippen molar-refractivity contribution in [2.45, 2.75) is 38.7 Å². The maximum absolute atomic E-state index is 14.0. The number of nitrogens with zero attached hydrogens (tertiary/aromatic N) is 2. The minimum absolute atomic E-state index is 0.247. The van der Waals surface area contributed by atoms with Crippen molar-refractivity contribution in [3.8, 4) is 0 Å². The zero-order valence-corrected chi connectivity index (χ0v) is 18.8. The standard InChI is InChI=1S/C28H26N2O3/c1-3-27(4-2)25(31)30-23-18-12-11-17-22(23)29-24(30)19-28(33-26(27)32,20-13-7-5-8-14-20)21-15-9-6-10-16-21/h5-18H,3-4,19H2,1-2H3. The van der Waals surface area contributed by atoms with Gasteiger partial charge in [0, 0.05) is 11.1 Å². The van der Waals surface area contributed by atoms with Crippen molar-refractivity contribution in [2.75, 3.05) is 0 Å². The van der Waals surface area contributed by atoms with E-state index in [1.54, 1.807) is 4.57 Å². The molecule has 5 rings (SSSR count). The van der Waals surface area contributed by atoms with Crippen LogP contribution in [0.1, 0.15) is 48.4 Å². The largest absolute Gasteiger partial charge is 0.448 e. The Hall–Kier alpha value is -3.73. The lowest BCUT2D eigenvalue weighted by molar-refractivity contribution is -0.168. The molecule has 4 aromatic rings. The van der Waals surface area contributed by atoms with Crippen molar-refractivity contribution in [3.63, 3.8) is 0 Å². The summed E-state index contributed by atoms with van der Waals surface area (Å²) in [7, 11) is 0. The SMILES string of the molecule is CCC1(CC)C(=O)OC(c2ccccc2)(c2ccccc2)Cc2nc3ccccc3n2C1=O. The highest BCUT2D eigenvalue weighted by Gasteiger charge is 2.53. The van der Waals surface area contributed by atoms with E-state index in [0.717, 1.165) is 16.6 Å². The van der Waals surface area contributed by atoms with E-state index in [4.69, 9.17) is 9.72 Å². The van der Waals surface area contributed by atoms with Crippen LogP contribution in [0.2, 0.25) is 0 Å². The van der Waals surface area contributed by atoms with Gasteiger partial charge in [-0.15, -0.1) is 0 Å². The molecular formula is C28H26N2O3. The summed E-state index contributed by atoms with van der Waals surface area (Å²) in [4.78, 5) is 32.7. The molecule has 0 bridgehead atoms. The molecule has 5 nitrogen and oxygen atoms in total. The maximum atomic E-state index is 14.0. The van der Waals surface area contributed by atoms with Crippen LogP contribution in [0.3, 0.4) is 0 Å². The van der Waals surface area contributed by atoms with Gasteiger partial charge in [0.2, 0.25) is 5.91 Å². The number of hydrogen-bond donors (Lipinski definition) is 0. The van der Waals surface area contributed by atoms with Gasteiger partial charge in [0.25, 0.3) is 0 Å². The van der Waals surface area contributed by atoms with Gasteiger partial charge in [0.05, 0.1) is 17.5 Å². The fourth-order valence-electron chi connectivity index (χ4n) is 4.98. The molecule has 5 heteroatoms. The quantitative estimate of drug-likeness (QED) is 0.311. The highest BCUT2D eigenvalue weighted by molar-refractivity contribution is 6.07. The number of fused-ring (bicyclic) bond motifs is 3. The van der Waals surface area contributed by atoms with E-state index in [-0.39, 0.29) is 12.3 Å².